The average Bonchev–Trinajstić information content (AvgIpc) is 2.54. The predicted molar refractivity (Wildman–Crippen MR) is 88.1 cm³/mol. The van der Waals surface area contributed by atoms with Crippen molar-refractivity contribution in [3.8, 4) is 5.75 Å². The molecule has 6 heteroatoms. The van der Waals surface area contributed by atoms with Crippen LogP contribution in [0.25, 0.3) is 0 Å². The van der Waals surface area contributed by atoms with Crippen molar-refractivity contribution in [2.75, 3.05) is 6.61 Å². The van der Waals surface area contributed by atoms with Crippen molar-refractivity contribution in [3.63, 3.8) is 0 Å². The molecule has 0 spiro atoms. The molecule has 5 nitrogen and oxygen atoms in total. The molecule has 0 saturated carbocycles. The van der Waals surface area contributed by atoms with Crippen LogP contribution in [0.4, 0.5) is 0 Å². The minimum Gasteiger partial charge on any atom is -0.482 e. The normalized spacial score (nSPS) is 11.1. The van der Waals surface area contributed by atoms with E-state index >= 15 is 0 Å². The third-order valence-corrected chi connectivity index (χ3v) is 3.23. The number of benzene rings is 2. The van der Waals surface area contributed by atoms with Crippen LogP contribution in [0.3, 0.4) is 0 Å². The molecule has 0 aromatic heterocycles. The van der Waals surface area contributed by atoms with Crippen LogP contribution < -0.4 is 15.6 Å². The SMILES string of the molecule is Cc1ccc(OCC(=O)O[NH+]=C(N)Cc2ccc(Cl)cc2)cc1. The van der Waals surface area contributed by atoms with Gasteiger partial charge in [-0.15, -0.1) is 0 Å². The summed E-state index contributed by atoms with van der Waals surface area (Å²) in [5.41, 5.74) is 7.84. The van der Waals surface area contributed by atoms with Crippen molar-refractivity contribution < 1.29 is 19.5 Å². The van der Waals surface area contributed by atoms with Crippen LogP contribution >= 0.6 is 11.6 Å². The number of ether oxygens (including phenoxy) is 1. The number of halogens is 1. The molecule has 2 rings (SSSR count). The molecule has 0 unspecified atom stereocenters. The third kappa shape index (κ3) is 6.00. The van der Waals surface area contributed by atoms with Crippen LogP contribution in [0.15, 0.2) is 48.5 Å². The van der Waals surface area contributed by atoms with Gasteiger partial charge in [0.25, 0.3) is 5.84 Å². The van der Waals surface area contributed by atoms with E-state index in [0.29, 0.717) is 23.0 Å². The number of rotatable bonds is 6. The Morgan fingerprint density at radius 2 is 1.78 bits per heavy atom. The van der Waals surface area contributed by atoms with Crippen LogP contribution in [0.2, 0.25) is 5.02 Å². The molecule has 120 valence electrons. The van der Waals surface area contributed by atoms with Gasteiger partial charge in [0.15, 0.2) is 6.61 Å². The number of nitrogens with one attached hydrogen (secondary N) is 1. The topological polar surface area (TPSA) is 75.5 Å². The molecule has 0 aliphatic heterocycles. The van der Waals surface area contributed by atoms with Crippen molar-refractivity contribution in [3.05, 3.63) is 64.7 Å². The first-order valence-corrected chi connectivity index (χ1v) is 7.41. The van der Waals surface area contributed by atoms with Crippen molar-refractivity contribution in [1.29, 1.82) is 0 Å². The quantitative estimate of drug-likeness (QED) is 0.360. The molecular weight excluding hydrogens is 316 g/mol. The highest BCUT2D eigenvalue weighted by molar-refractivity contribution is 6.30. The van der Waals surface area contributed by atoms with Crippen molar-refractivity contribution >= 4 is 23.4 Å². The van der Waals surface area contributed by atoms with E-state index < -0.39 is 5.97 Å². The second-order valence-electron chi connectivity index (χ2n) is 5.01. The Bertz CT molecular complexity index is 682. The third-order valence-electron chi connectivity index (χ3n) is 2.98. The Labute approximate surface area is 139 Å². The number of amidine groups is 1. The lowest BCUT2D eigenvalue weighted by atomic mass is 10.1. The fourth-order valence-corrected chi connectivity index (χ4v) is 1.91. The average molecular weight is 334 g/mol. The maximum absolute atomic E-state index is 11.6. The monoisotopic (exact) mass is 333 g/mol. The van der Waals surface area contributed by atoms with Gasteiger partial charge in [0.05, 0.1) is 6.42 Å². The predicted octanol–water partition coefficient (Wildman–Crippen LogP) is 1.17. The summed E-state index contributed by atoms with van der Waals surface area (Å²) in [7, 11) is 0. The summed E-state index contributed by atoms with van der Waals surface area (Å²) in [5, 5.41) is 3.08. The maximum Gasteiger partial charge on any atom is 0.394 e. The summed E-state index contributed by atoms with van der Waals surface area (Å²) in [5.74, 6) is 0.353. The van der Waals surface area contributed by atoms with Crippen LogP contribution in [0.1, 0.15) is 11.1 Å². The van der Waals surface area contributed by atoms with E-state index in [1.165, 1.54) is 0 Å². The summed E-state index contributed by atoms with van der Waals surface area (Å²) >= 11 is 5.81. The molecule has 3 N–H and O–H groups in total. The van der Waals surface area contributed by atoms with Crippen molar-refractivity contribution in [2.24, 2.45) is 5.73 Å². The Morgan fingerprint density at radius 3 is 2.43 bits per heavy atom. The zero-order valence-electron chi connectivity index (χ0n) is 12.7. The molecule has 0 aliphatic carbocycles. The van der Waals surface area contributed by atoms with E-state index in [1.807, 2.05) is 31.2 Å². The fourth-order valence-electron chi connectivity index (χ4n) is 1.79. The molecule has 23 heavy (non-hydrogen) atoms. The molecule has 0 fully saturated rings. The van der Waals surface area contributed by atoms with Crippen molar-refractivity contribution in [2.45, 2.75) is 13.3 Å². The van der Waals surface area contributed by atoms with E-state index in [0.717, 1.165) is 11.1 Å². The molecule has 0 heterocycles. The van der Waals surface area contributed by atoms with Crippen LogP contribution in [0, 0.1) is 6.92 Å². The van der Waals surface area contributed by atoms with Crippen LogP contribution in [-0.4, -0.2) is 18.4 Å². The van der Waals surface area contributed by atoms with Gasteiger partial charge in [-0.25, -0.2) is 4.79 Å². The lowest BCUT2D eigenvalue weighted by Gasteiger charge is -2.03. The van der Waals surface area contributed by atoms with Gasteiger partial charge in [-0.3, -0.25) is 10.6 Å². The highest BCUT2D eigenvalue weighted by Crippen LogP contribution is 2.11. The van der Waals surface area contributed by atoms with E-state index in [2.05, 4.69) is 5.16 Å². The van der Waals surface area contributed by atoms with E-state index in [-0.39, 0.29) is 6.61 Å². The first-order chi connectivity index (χ1) is 11.0. The van der Waals surface area contributed by atoms with Gasteiger partial charge in [0, 0.05) is 5.02 Å². The number of nitrogens with two attached hydrogens (primary N) is 1. The van der Waals surface area contributed by atoms with E-state index in [9.17, 15) is 4.79 Å². The number of carbonyl (C=O) groups is 1. The number of hydrogen-bond acceptors (Lipinski definition) is 3. The summed E-state index contributed by atoms with van der Waals surface area (Å²) < 4.78 is 5.31. The summed E-state index contributed by atoms with van der Waals surface area (Å²) in [6.45, 7) is 1.77. The Kier molecular flexibility index (Phi) is 6.00. The largest absolute Gasteiger partial charge is 0.482 e. The van der Waals surface area contributed by atoms with Gasteiger partial charge in [0.2, 0.25) is 0 Å². The summed E-state index contributed by atoms with van der Waals surface area (Å²) in [4.78, 5) is 16.4. The maximum atomic E-state index is 11.6. The van der Waals surface area contributed by atoms with Gasteiger partial charge in [0.1, 0.15) is 5.75 Å². The van der Waals surface area contributed by atoms with E-state index in [1.54, 1.807) is 24.3 Å². The molecular formula is C17H18ClN2O3+. The highest BCUT2D eigenvalue weighted by atomic mass is 35.5. The lowest BCUT2D eigenvalue weighted by Crippen LogP contribution is -2.76. The van der Waals surface area contributed by atoms with Gasteiger partial charge < -0.3 is 4.74 Å². The standard InChI is InChI=1S/C17H17ClN2O3/c1-12-2-8-15(9-3-12)22-11-17(21)23-20-16(19)10-13-4-6-14(18)7-5-13/h2-9H,10-11H2,1H3,(H2,19,20)/p+1. The lowest BCUT2D eigenvalue weighted by molar-refractivity contribution is -0.725. The first-order valence-electron chi connectivity index (χ1n) is 7.04. The summed E-state index contributed by atoms with van der Waals surface area (Å²) in [6.07, 6.45) is 0.420. The fraction of sp³-hybridized carbons (Fsp3) is 0.176. The Balaban J connectivity index is 1.78. The minimum atomic E-state index is -0.565. The summed E-state index contributed by atoms with van der Waals surface area (Å²) in [6, 6.07) is 14.6. The van der Waals surface area contributed by atoms with Crippen LogP contribution in [-0.2, 0) is 16.1 Å². The second-order valence-corrected chi connectivity index (χ2v) is 5.44. The Morgan fingerprint density at radius 1 is 1.13 bits per heavy atom. The van der Waals surface area contributed by atoms with Crippen molar-refractivity contribution in [1.82, 2.24) is 0 Å². The Hall–Kier alpha value is -2.53. The molecule has 0 saturated heterocycles. The number of aryl methyl sites for hydroxylation is 1. The molecule has 0 radical (unpaired) electrons. The molecule has 2 aromatic carbocycles. The number of hydrogen-bond donors (Lipinski definition) is 2. The minimum absolute atomic E-state index is 0.204. The molecule has 0 amide bonds. The molecule has 0 atom stereocenters. The molecule has 2 aromatic rings. The van der Waals surface area contributed by atoms with Gasteiger partial charge in [-0.2, -0.15) is 0 Å². The second kappa shape index (κ2) is 8.19. The first kappa shape index (κ1) is 16.8. The van der Waals surface area contributed by atoms with Gasteiger partial charge in [-0.05, 0) is 36.8 Å². The zero-order chi connectivity index (χ0) is 16.7. The van der Waals surface area contributed by atoms with Crippen LogP contribution in [0.5, 0.6) is 5.75 Å². The zero-order valence-corrected chi connectivity index (χ0v) is 13.5. The number of carbonyl (C=O) groups excluding carboxylic acids is 1. The highest BCUT2D eigenvalue weighted by Gasteiger charge is 2.08. The molecule has 0 bridgehead atoms. The van der Waals surface area contributed by atoms with Gasteiger partial charge in [-0.1, -0.05) is 46.6 Å². The smallest absolute Gasteiger partial charge is 0.394 e. The van der Waals surface area contributed by atoms with Gasteiger partial charge >= 0.3 is 5.97 Å². The van der Waals surface area contributed by atoms with E-state index in [4.69, 9.17) is 26.9 Å². The molecule has 0 aliphatic rings.